The molecule has 1 amide bonds. The third-order valence-corrected chi connectivity index (χ3v) is 3.41. The Balaban J connectivity index is 2.10. The number of rotatable bonds is 3. The lowest BCUT2D eigenvalue weighted by Gasteiger charge is -2.33. The van der Waals surface area contributed by atoms with Gasteiger partial charge in [-0.1, -0.05) is 18.2 Å². The van der Waals surface area contributed by atoms with Crippen LogP contribution in [0.15, 0.2) is 24.3 Å². The number of carboxylic acid groups (broad SMARTS) is 1. The van der Waals surface area contributed by atoms with Crippen molar-refractivity contribution in [2.45, 2.75) is 31.7 Å². The maximum Gasteiger partial charge on any atom is 0.326 e. The number of hydrogen-bond acceptors (Lipinski definition) is 2. The van der Waals surface area contributed by atoms with E-state index in [0.29, 0.717) is 18.5 Å². The lowest BCUT2D eigenvalue weighted by Crippen LogP contribution is -2.48. The van der Waals surface area contributed by atoms with Crippen molar-refractivity contribution in [1.82, 2.24) is 4.90 Å². The Kier molecular flexibility index (Phi) is 4.14. The molecular weight excluding hydrogens is 249 g/mol. The highest BCUT2D eigenvalue weighted by Gasteiger charge is 2.31. The topological polar surface area (TPSA) is 57.6 Å². The van der Waals surface area contributed by atoms with E-state index in [0.717, 1.165) is 12.8 Å². The number of amides is 1. The Labute approximate surface area is 110 Å². The summed E-state index contributed by atoms with van der Waals surface area (Å²) >= 11 is 0. The Hall–Kier alpha value is -1.91. The van der Waals surface area contributed by atoms with Crippen molar-refractivity contribution < 1.29 is 19.1 Å². The molecule has 0 bridgehead atoms. The minimum absolute atomic E-state index is 0.0869. The smallest absolute Gasteiger partial charge is 0.326 e. The molecule has 1 saturated heterocycles. The maximum atomic E-state index is 13.5. The van der Waals surface area contributed by atoms with Gasteiger partial charge in [0.1, 0.15) is 11.9 Å². The average molecular weight is 265 g/mol. The summed E-state index contributed by atoms with van der Waals surface area (Å²) in [5.74, 6) is -1.74. The number of aliphatic carboxylic acids is 1. The maximum absolute atomic E-state index is 13.5. The molecule has 0 unspecified atom stereocenters. The van der Waals surface area contributed by atoms with Crippen molar-refractivity contribution >= 4 is 11.9 Å². The predicted molar refractivity (Wildman–Crippen MR) is 67.1 cm³/mol. The van der Waals surface area contributed by atoms with Crippen LogP contribution in [0.3, 0.4) is 0 Å². The molecule has 0 saturated carbocycles. The molecule has 102 valence electrons. The molecule has 0 spiro atoms. The van der Waals surface area contributed by atoms with Crippen molar-refractivity contribution in [3.05, 3.63) is 35.6 Å². The summed E-state index contributed by atoms with van der Waals surface area (Å²) in [5, 5.41) is 9.11. The Morgan fingerprint density at radius 3 is 2.74 bits per heavy atom. The second kappa shape index (κ2) is 5.82. The summed E-state index contributed by atoms with van der Waals surface area (Å²) in [4.78, 5) is 24.6. The second-order valence-corrected chi connectivity index (χ2v) is 4.71. The molecule has 4 nitrogen and oxygen atoms in total. The molecule has 1 aromatic carbocycles. The first-order valence-electron chi connectivity index (χ1n) is 6.35. The third kappa shape index (κ3) is 3.10. The van der Waals surface area contributed by atoms with Crippen LogP contribution in [0.25, 0.3) is 0 Å². The van der Waals surface area contributed by atoms with Gasteiger partial charge in [0.15, 0.2) is 0 Å². The van der Waals surface area contributed by atoms with Crippen LogP contribution in [0.4, 0.5) is 4.39 Å². The zero-order chi connectivity index (χ0) is 13.8. The third-order valence-electron chi connectivity index (χ3n) is 3.41. The molecule has 5 heteroatoms. The second-order valence-electron chi connectivity index (χ2n) is 4.71. The number of carbonyl (C=O) groups excluding carboxylic acids is 1. The summed E-state index contributed by atoms with van der Waals surface area (Å²) in [6.07, 6.45) is 1.99. The molecule has 1 aliphatic rings. The molecule has 0 aliphatic carbocycles. The molecule has 1 N–H and O–H groups in total. The fraction of sp³-hybridized carbons (Fsp3) is 0.429. The van der Waals surface area contributed by atoms with Gasteiger partial charge < -0.3 is 10.0 Å². The fourth-order valence-electron chi connectivity index (χ4n) is 2.39. The summed E-state index contributed by atoms with van der Waals surface area (Å²) in [7, 11) is 0. The highest BCUT2D eigenvalue weighted by atomic mass is 19.1. The normalized spacial score (nSPS) is 19.2. The standard InChI is InChI=1S/C14H16FNO3/c15-11-6-2-1-5-10(11)9-13(17)16-8-4-3-7-12(16)14(18)19/h1-2,5-6,12H,3-4,7-9H2,(H,18,19)/t12-/m1/s1. The molecular formula is C14H16FNO3. The van der Waals surface area contributed by atoms with Crippen molar-refractivity contribution in [2.24, 2.45) is 0 Å². The van der Waals surface area contributed by atoms with Gasteiger partial charge in [-0.05, 0) is 30.9 Å². The molecule has 19 heavy (non-hydrogen) atoms. The summed E-state index contributed by atoms with van der Waals surface area (Å²) < 4.78 is 13.5. The van der Waals surface area contributed by atoms with Crippen molar-refractivity contribution in [3.8, 4) is 0 Å². The highest BCUT2D eigenvalue weighted by molar-refractivity contribution is 5.85. The fourth-order valence-corrected chi connectivity index (χ4v) is 2.39. The Bertz CT molecular complexity index is 489. The first-order chi connectivity index (χ1) is 9.09. The lowest BCUT2D eigenvalue weighted by atomic mass is 10.0. The summed E-state index contributed by atoms with van der Waals surface area (Å²) in [6.45, 7) is 0.435. The zero-order valence-corrected chi connectivity index (χ0v) is 10.5. The van der Waals surface area contributed by atoms with Crippen LogP contribution < -0.4 is 0 Å². The lowest BCUT2D eigenvalue weighted by molar-refractivity contribution is -0.151. The minimum atomic E-state index is -0.985. The largest absolute Gasteiger partial charge is 0.480 e. The number of carboxylic acids is 1. The number of likely N-dealkylation sites (tertiary alicyclic amines) is 1. The molecule has 1 heterocycles. The Morgan fingerprint density at radius 1 is 1.32 bits per heavy atom. The molecule has 1 atom stereocenters. The van der Waals surface area contributed by atoms with Gasteiger partial charge in [0.05, 0.1) is 6.42 Å². The number of hydrogen-bond donors (Lipinski definition) is 1. The van der Waals surface area contributed by atoms with Crippen LogP contribution in [0.2, 0.25) is 0 Å². The SMILES string of the molecule is O=C(O)[C@H]1CCCCN1C(=O)Cc1ccccc1F. The van der Waals surface area contributed by atoms with Crippen LogP contribution in [0.1, 0.15) is 24.8 Å². The number of nitrogens with zero attached hydrogens (tertiary/aromatic N) is 1. The molecule has 0 radical (unpaired) electrons. The predicted octanol–water partition coefficient (Wildman–Crippen LogP) is 1.83. The van der Waals surface area contributed by atoms with E-state index in [1.165, 1.54) is 11.0 Å². The van der Waals surface area contributed by atoms with Crippen LogP contribution >= 0.6 is 0 Å². The van der Waals surface area contributed by atoms with Crippen molar-refractivity contribution in [3.63, 3.8) is 0 Å². The van der Waals surface area contributed by atoms with Crippen molar-refractivity contribution in [1.29, 1.82) is 0 Å². The van der Waals surface area contributed by atoms with E-state index >= 15 is 0 Å². The van der Waals surface area contributed by atoms with Gasteiger partial charge in [0.2, 0.25) is 5.91 Å². The molecule has 2 rings (SSSR count). The van der Waals surface area contributed by atoms with Gasteiger partial charge in [-0.25, -0.2) is 9.18 Å². The van der Waals surface area contributed by atoms with Crippen LogP contribution in [0, 0.1) is 5.82 Å². The van der Waals surface area contributed by atoms with Gasteiger partial charge in [0, 0.05) is 6.54 Å². The van der Waals surface area contributed by atoms with Crippen molar-refractivity contribution in [2.75, 3.05) is 6.54 Å². The number of carbonyl (C=O) groups is 2. The van der Waals surface area contributed by atoms with Gasteiger partial charge in [0.25, 0.3) is 0 Å². The van der Waals surface area contributed by atoms with E-state index in [4.69, 9.17) is 5.11 Å². The van der Waals surface area contributed by atoms with Gasteiger partial charge in [-0.15, -0.1) is 0 Å². The minimum Gasteiger partial charge on any atom is -0.480 e. The number of benzene rings is 1. The molecule has 1 fully saturated rings. The molecule has 0 aromatic heterocycles. The molecule has 1 aromatic rings. The van der Waals surface area contributed by atoms with Crippen LogP contribution in [-0.2, 0) is 16.0 Å². The first kappa shape index (κ1) is 13.5. The summed E-state index contributed by atoms with van der Waals surface area (Å²) in [5.41, 5.74) is 0.308. The van der Waals surface area contributed by atoms with E-state index in [2.05, 4.69) is 0 Å². The molecule has 1 aliphatic heterocycles. The van der Waals surface area contributed by atoms with E-state index < -0.39 is 17.8 Å². The number of piperidine rings is 1. The van der Waals surface area contributed by atoms with E-state index in [1.807, 2.05) is 0 Å². The summed E-state index contributed by atoms with van der Waals surface area (Å²) in [6, 6.07) is 5.30. The quantitative estimate of drug-likeness (QED) is 0.907. The van der Waals surface area contributed by atoms with Gasteiger partial charge in [-0.3, -0.25) is 4.79 Å². The first-order valence-corrected chi connectivity index (χ1v) is 6.35. The van der Waals surface area contributed by atoms with E-state index in [9.17, 15) is 14.0 Å². The van der Waals surface area contributed by atoms with E-state index in [-0.39, 0.29) is 12.3 Å². The van der Waals surface area contributed by atoms with Gasteiger partial charge in [-0.2, -0.15) is 0 Å². The van der Waals surface area contributed by atoms with Crippen LogP contribution in [-0.4, -0.2) is 34.5 Å². The number of halogens is 1. The zero-order valence-electron chi connectivity index (χ0n) is 10.5. The monoisotopic (exact) mass is 265 g/mol. The van der Waals surface area contributed by atoms with E-state index in [1.54, 1.807) is 18.2 Å². The highest BCUT2D eigenvalue weighted by Crippen LogP contribution is 2.19. The van der Waals surface area contributed by atoms with Gasteiger partial charge >= 0.3 is 5.97 Å². The van der Waals surface area contributed by atoms with Crippen LogP contribution in [0.5, 0.6) is 0 Å². The average Bonchev–Trinajstić information content (AvgIpc) is 2.41. The Morgan fingerprint density at radius 2 is 2.05 bits per heavy atom.